The summed E-state index contributed by atoms with van der Waals surface area (Å²) in [7, 11) is -0.627. The number of amides is 2. The molecule has 4 fully saturated rings. The van der Waals surface area contributed by atoms with Crippen LogP contribution in [0.2, 0.25) is 0 Å². The number of rotatable bonds is 16. The lowest BCUT2D eigenvalue weighted by Crippen LogP contribution is -2.65. The Bertz CT molecular complexity index is 2320. The standard InChI is InChI=1S/C55H61BN2O6/c1-36(2)31-49(56-63-48-34-41-33-47(53(41,3)4)54(48,5)64-56)57-52(61)37(32-51(60)62-35-46-44-27-17-15-25-42(44)43-26-16-18-28-45(43)46)29-30-50(59)58-55(38-19-9-6-10-20-38,39-21-11-7-12-22-39)40-23-13-8-14-24-40/h6-28,36-37,41,46-49H,29-35H2,1-5H3,(H,57,61)(H,58,59)/t37-,41+,47+,48-,49+,54+/m1/s1. The van der Waals surface area contributed by atoms with E-state index in [1.54, 1.807) is 0 Å². The van der Waals surface area contributed by atoms with Crippen molar-refractivity contribution in [2.75, 3.05) is 6.61 Å². The molecule has 2 bridgehead atoms. The van der Waals surface area contributed by atoms with Gasteiger partial charge in [-0.25, -0.2) is 0 Å². The molecule has 2 N–H and O–H groups in total. The molecule has 1 aliphatic heterocycles. The van der Waals surface area contributed by atoms with Gasteiger partial charge in [0, 0.05) is 18.3 Å². The highest BCUT2D eigenvalue weighted by molar-refractivity contribution is 6.47. The fourth-order valence-electron chi connectivity index (χ4n) is 11.7. The smallest absolute Gasteiger partial charge is 0.465 e. The number of esters is 1. The van der Waals surface area contributed by atoms with Gasteiger partial charge in [0.05, 0.1) is 24.1 Å². The van der Waals surface area contributed by atoms with E-state index >= 15 is 0 Å². The Morgan fingerprint density at radius 3 is 1.81 bits per heavy atom. The predicted octanol–water partition coefficient (Wildman–Crippen LogP) is 10.0. The minimum Gasteiger partial charge on any atom is -0.465 e. The lowest BCUT2D eigenvalue weighted by atomic mass is 9.43. The van der Waals surface area contributed by atoms with Crippen LogP contribution in [0.25, 0.3) is 11.1 Å². The molecule has 0 spiro atoms. The van der Waals surface area contributed by atoms with Gasteiger partial charge in [0.2, 0.25) is 11.8 Å². The highest BCUT2D eigenvalue weighted by Gasteiger charge is 2.68. The van der Waals surface area contributed by atoms with E-state index in [1.807, 2.05) is 115 Å². The second kappa shape index (κ2) is 17.8. The van der Waals surface area contributed by atoms with Crippen molar-refractivity contribution in [1.29, 1.82) is 0 Å². The number of hydrogen-bond donors (Lipinski definition) is 2. The van der Waals surface area contributed by atoms with Crippen LogP contribution in [-0.2, 0) is 34.0 Å². The van der Waals surface area contributed by atoms with E-state index in [4.69, 9.17) is 14.0 Å². The second-order valence-electron chi connectivity index (χ2n) is 19.8. The van der Waals surface area contributed by atoms with Crippen LogP contribution >= 0.6 is 0 Å². The van der Waals surface area contributed by atoms with Crippen molar-refractivity contribution < 1.29 is 28.4 Å². The maximum atomic E-state index is 14.8. The van der Waals surface area contributed by atoms with Crippen molar-refractivity contribution in [2.45, 2.75) is 102 Å². The molecule has 1 heterocycles. The molecule has 5 aromatic rings. The van der Waals surface area contributed by atoms with Gasteiger partial charge in [-0.1, -0.05) is 167 Å². The molecule has 1 saturated heterocycles. The van der Waals surface area contributed by atoms with E-state index in [-0.39, 0.29) is 61.0 Å². The van der Waals surface area contributed by atoms with Gasteiger partial charge in [0.15, 0.2) is 0 Å². The monoisotopic (exact) mass is 856 g/mol. The Balaban J connectivity index is 0.969. The predicted molar refractivity (Wildman–Crippen MR) is 251 cm³/mol. The zero-order chi connectivity index (χ0) is 44.6. The summed E-state index contributed by atoms with van der Waals surface area (Å²) in [4.78, 5) is 43.4. The second-order valence-corrected chi connectivity index (χ2v) is 19.8. The number of carbonyl (C=O) groups excluding carboxylic acids is 3. The van der Waals surface area contributed by atoms with Gasteiger partial charge in [-0.2, -0.15) is 0 Å². The molecule has 5 aliphatic rings. The number of ether oxygens (including phenoxy) is 1. The zero-order valence-corrected chi connectivity index (χ0v) is 37.8. The number of hydrogen-bond acceptors (Lipinski definition) is 6. The fraction of sp³-hybridized carbons (Fsp3) is 0.400. The van der Waals surface area contributed by atoms with Crippen LogP contribution in [0.1, 0.15) is 107 Å². The molecule has 64 heavy (non-hydrogen) atoms. The highest BCUT2D eigenvalue weighted by atomic mass is 16.7. The van der Waals surface area contributed by atoms with Crippen molar-refractivity contribution >= 4 is 24.9 Å². The van der Waals surface area contributed by atoms with Crippen molar-refractivity contribution in [1.82, 2.24) is 10.6 Å². The molecule has 0 unspecified atom stereocenters. The quantitative estimate of drug-likeness (QED) is 0.0582. The summed E-state index contributed by atoms with van der Waals surface area (Å²) in [6.45, 7) is 11.3. The van der Waals surface area contributed by atoms with Gasteiger partial charge < -0.3 is 24.7 Å². The lowest BCUT2D eigenvalue weighted by molar-refractivity contribution is -0.199. The van der Waals surface area contributed by atoms with Gasteiger partial charge in [0.25, 0.3) is 0 Å². The third-order valence-corrected chi connectivity index (χ3v) is 15.2. The topological polar surface area (TPSA) is 103 Å². The molecule has 0 aromatic heterocycles. The van der Waals surface area contributed by atoms with Crippen LogP contribution in [0.15, 0.2) is 140 Å². The highest BCUT2D eigenvalue weighted by Crippen LogP contribution is 2.66. The summed E-state index contributed by atoms with van der Waals surface area (Å²) in [5.41, 5.74) is 5.93. The Morgan fingerprint density at radius 2 is 1.28 bits per heavy atom. The SMILES string of the molecule is CC(C)C[C@H](NC(=O)[C@H](CCC(=O)NC(c1ccccc1)(c1ccccc1)c1ccccc1)CC(=O)OCC1c2ccccc2-c2ccccc21)B1O[C@@H]2C[C@@H]3C[C@@H](C3(C)C)[C@]2(C)O1. The minimum atomic E-state index is -1.02. The first-order valence-electron chi connectivity index (χ1n) is 23.3. The first kappa shape index (κ1) is 43.7. The van der Waals surface area contributed by atoms with E-state index in [2.05, 4.69) is 69.5 Å². The molecule has 330 valence electrons. The van der Waals surface area contributed by atoms with E-state index in [0.717, 1.165) is 51.8 Å². The molecule has 10 rings (SSSR count). The number of carbonyl (C=O) groups is 3. The van der Waals surface area contributed by atoms with Crippen LogP contribution in [0.4, 0.5) is 0 Å². The van der Waals surface area contributed by atoms with Crippen LogP contribution in [0.3, 0.4) is 0 Å². The first-order valence-corrected chi connectivity index (χ1v) is 23.3. The van der Waals surface area contributed by atoms with Crippen molar-refractivity contribution in [3.63, 3.8) is 0 Å². The molecule has 6 atom stereocenters. The van der Waals surface area contributed by atoms with Gasteiger partial charge in [-0.15, -0.1) is 0 Å². The van der Waals surface area contributed by atoms with Gasteiger partial charge in [0.1, 0.15) is 12.1 Å². The van der Waals surface area contributed by atoms with Crippen molar-refractivity contribution in [3.05, 3.63) is 167 Å². The molecule has 8 nitrogen and oxygen atoms in total. The van der Waals surface area contributed by atoms with E-state index in [1.165, 1.54) is 0 Å². The summed E-state index contributed by atoms with van der Waals surface area (Å²) in [5, 5.41) is 6.76. The van der Waals surface area contributed by atoms with E-state index in [0.29, 0.717) is 18.3 Å². The molecule has 9 heteroatoms. The van der Waals surface area contributed by atoms with Crippen molar-refractivity contribution in [2.24, 2.45) is 29.1 Å². The molecule has 4 aliphatic carbocycles. The summed E-state index contributed by atoms with van der Waals surface area (Å²) in [6.07, 6.45) is 2.58. The maximum absolute atomic E-state index is 14.8. The maximum Gasteiger partial charge on any atom is 0.481 e. The molecular weight excluding hydrogens is 795 g/mol. The third-order valence-electron chi connectivity index (χ3n) is 15.2. The number of benzene rings is 5. The molecule has 3 saturated carbocycles. The fourth-order valence-corrected chi connectivity index (χ4v) is 11.7. The van der Waals surface area contributed by atoms with Gasteiger partial charge >= 0.3 is 13.1 Å². The Labute approximate surface area is 379 Å². The van der Waals surface area contributed by atoms with Crippen LogP contribution < -0.4 is 10.6 Å². The molecule has 5 aromatic carbocycles. The van der Waals surface area contributed by atoms with Crippen LogP contribution in [0.5, 0.6) is 0 Å². The molecular formula is C55H61BN2O6. The first-order chi connectivity index (χ1) is 30.9. The van der Waals surface area contributed by atoms with Gasteiger partial charge in [-0.3, -0.25) is 14.4 Å². The van der Waals surface area contributed by atoms with Crippen LogP contribution in [-0.4, -0.2) is 49.2 Å². The largest absolute Gasteiger partial charge is 0.481 e. The van der Waals surface area contributed by atoms with Crippen LogP contribution in [0, 0.1) is 29.1 Å². The van der Waals surface area contributed by atoms with E-state index in [9.17, 15) is 14.4 Å². The normalized spacial score (nSPS) is 22.7. The summed E-state index contributed by atoms with van der Waals surface area (Å²) < 4.78 is 19.7. The average Bonchev–Trinajstić information content (AvgIpc) is 3.84. The molecule has 0 radical (unpaired) electrons. The average molecular weight is 857 g/mol. The van der Waals surface area contributed by atoms with Gasteiger partial charge in [-0.05, 0) is 94.7 Å². The lowest BCUT2D eigenvalue weighted by Gasteiger charge is -2.64. The third kappa shape index (κ3) is 8.11. The number of fused-ring (bicyclic) bond motifs is 3. The Kier molecular flexibility index (Phi) is 12.2. The summed E-state index contributed by atoms with van der Waals surface area (Å²) in [6, 6.07) is 46.3. The Hall–Kier alpha value is -5.51. The van der Waals surface area contributed by atoms with E-state index < -0.39 is 36.1 Å². The van der Waals surface area contributed by atoms with Crippen molar-refractivity contribution in [3.8, 4) is 11.1 Å². The summed E-state index contributed by atoms with van der Waals surface area (Å²) in [5.74, 6) is -1.28. The summed E-state index contributed by atoms with van der Waals surface area (Å²) >= 11 is 0. The zero-order valence-electron chi connectivity index (χ0n) is 37.8. The minimum absolute atomic E-state index is 0.00738. The Morgan fingerprint density at radius 1 is 0.750 bits per heavy atom. The molecule has 2 amide bonds. The number of nitrogens with one attached hydrogen (secondary N) is 2.